The van der Waals surface area contributed by atoms with Crippen molar-refractivity contribution >= 4 is 17.7 Å². The lowest BCUT2D eigenvalue weighted by atomic mass is 9.97. The molecule has 2 rings (SSSR count). The number of nitrogens with zero attached hydrogens (tertiary/aromatic N) is 3. The van der Waals surface area contributed by atoms with Crippen molar-refractivity contribution in [3.63, 3.8) is 0 Å². The lowest BCUT2D eigenvalue weighted by molar-refractivity contribution is -0.124. The molecule has 21 heavy (non-hydrogen) atoms. The van der Waals surface area contributed by atoms with Crippen molar-refractivity contribution in [1.29, 1.82) is 0 Å². The maximum absolute atomic E-state index is 14.0. The lowest BCUT2D eigenvalue weighted by Crippen LogP contribution is -2.43. The van der Waals surface area contributed by atoms with Crippen molar-refractivity contribution in [1.82, 2.24) is 15.3 Å². The molecule has 0 bridgehead atoms. The Kier molecular flexibility index (Phi) is 5.30. The maximum atomic E-state index is 14.0. The van der Waals surface area contributed by atoms with Crippen molar-refractivity contribution in [3.05, 3.63) is 12.0 Å². The van der Waals surface area contributed by atoms with Gasteiger partial charge >= 0.3 is 0 Å². The van der Waals surface area contributed by atoms with E-state index in [0.717, 1.165) is 25.8 Å². The number of anilines is 2. The second-order valence-corrected chi connectivity index (χ2v) is 5.19. The topological polar surface area (TPSA) is 70.2 Å². The molecule has 1 saturated heterocycles. The Morgan fingerprint density at radius 2 is 2.38 bits per heavy atom. The average Bonchev–Trinajstić information content (AvgIpc) is 2.53. The number of hydrogen-bond donors (Lipinski definition) is 2. The number of carbonyl (C=O) groups is 1. The van der Waals surface area contributed by atoms with Crippen LogP contribution in [0.5, 0.6) is 0 Å². The largest absolute Gasteiger partial charge is 0.359 e. The number of amides is 1. The quantitative estimate of drug-likeness (QED) is 0.859. The molecular weight excluding hydrogens is 273 g/mol. The van der Waals surface area contributed by atoms with Gasteiger partial charge in [-0.15, -0.1) is 0 Å². The van der Waals surface area contributed by atoms with Crippen molar-refractivity contribution in [2.75, 3.05) is 36.9 Å². The first-order valence-electron chi connectivity index (χ1n) is 7.38. The van der Waals surface area contributed by atoms with Gasteiger partial charge in [0.2, 0.25) is 11.9 Å². The van der Waals surface area contributed by atoms with Crippen LogP contribution in [0.3, 0.4) is 0 Å². The molecule has 2 N–H and O–H groups in total. The standard InChI is InChI=1S/C14H22FN5O/c1-3-6-17-14-18-8-11(15)12(19-14)20-7-4-5-10(9-20)13(21)16-2/h8,10H,3-7,9H2,1-2H3,(H,16,21)(H,17,18,19). The van der Waals surface area contributed by atoms with Gasteiger partial charge in [-0.1, -0.05) is 6.92 Å². The number of rotatable bonds is 5. The summed E-state index contributed by atoms with van der Waals surface area (Å²) in [5.41, 5.74) is 0. The van der Waals surface area contributed by atoms with Crippen LogP contribution in [-0.2, 0) is 4.79 Å². The molecule has 1 fully saturated rings. The average molecular weight is 295 g/mol. The molecule has 0 radical (unpaired) electrons. The molecule has 7 heteroatoms. The minimum atomic E-state index is -0.449. The smallest absolute Gasteiger partial charge is 0.224 e. The summed E-state index contributed by atoms with van der Waals surface area (Å²) in [6.45, 7) is 3.97. The molecule has 1 atom stereocenters. The molecule has 0 spiro atoms. The van der Waals surface area contributed by atoms with E-state index in [2.05, 4.69) is 20.6 Å². The van der Waals surface area contributed by atoms with Gasteiger partial charge in [-0.3, -0.25) is 4.79 Å². The lowest BCUT2D eigenvalue weighted by Gasteiger charge is -2.32. The Labute approximate surface area is 124 Å². The first kappa shape index (κ1) is 15.5. The highest BCUT2D eigenvalue weighted by Gasteiger charge is 2.27. The zero-order valence-electron chi connectivity index (χ0n) is 12.5. The summed E-state index contributed by atoms with van der Waals surface area (Å²) in [5.74, 6) is 0.130. The minimum absolute atomic E-state index is 0.00139. The molecule has 1 unspecified atom stereocenters. The van der Waals surface area contributed by atoms with E-state index >= 15 is 0 Å². The second kappa shape index (κ2) is 7.19. The van der Waals surface area contributed by atoms with E-state index in [9.17, 15) is 9.18 Å². The predicted octanol–water partition coefficient (Wildman–Crippen LogP) is 1.40. The zero-order chi connectivity index (χ0) is 15.2. The van der Waals surface area contributed by atoms with Crippen LogP contribution in [0.4, 0.5) is 16.2 Å². The number of aromatic nitrogens is 2. The summed E-state index contributed by atoms with van der Waals surface area (Å²) in [5, 5.41) is 5.71. The fourth-order valence-electron chi connectivity index (χ4n) is 2.49. The number of nitrogens with one attached hydrogen (secondary N) is 2. The summed E-state index contributed by atoms with van der Waals surface area (Å²) >= 11 is 0. The van der Waals surface area contributed by atoms with Gasteiger partial charge in [0.1, 0.15) is 0 Å². The van der Waals surface area contributed by atoms with Gasteiger partial charge in [0.15, 0.2) is 11.6 Å². The normalized spacial score (nSPS) is 18.4. The fraction of sp³-hybridized carbons (Fsp3) is 0.643. The predicted molar refractivity (Wildman–Crippen MR) is 79.8 cm³/mol. The Morgan fingerprint density at radius 3 is 3.10 bits per heavy atom. The molecule has 0 aromatic carbocycles. The van der Waals surface area contributed by atoms with Gasteiger partial charge < -0.3 is 15.5 Å². The van der Waals surface area contributed by atoms with E-state index in [4.69, 9.17) is 0 Å². The molecule has 0 aliphatic carbocycles. The van der Waals surface area contributed by atoms with Crippen LogP contribution < -0.4 is 15.5 Å². The molecule has 1 amide bonds. The second-order valence-electron chi connectivity index (χ2n) is 5.19. The Bertz CT molecular complexity index is 496. The van der Waals surface area contributed by atoms with Gasteiger partial charge in [0.05, 0.1) is 12.1 Å². The van der Waals surface area contributed by atoms with Crippen molar-refractivity contribution in [3.8, 4) is 0 Å². The summed E-state index contributed by atoms with van der Waals surface area (Å²) in [6.07, 6.45) is 3.80. The van der Waals surface area contributed by atoms with Gasteiger partial charge in [-0.25, -0.2) is 9.37 Å². The van der Waals surface area contributed by atoms with E-state index in [1.54, 1.807) is 7.05 Å². The number of carbonyl (C=O) groups excluding carboxylic acids is 1. The van der Waals surface area contributed by atoms with Crippen LogP contribution in [0.15, 0.2) is 6.20 Å². The maximum Gasteiger partial charge on any atom is 0.224 e. The van der Waals surface area contributed by atoms with E-state index in [-0.39, 0.29) is 17.6 Å². The number of piperidine rings is 1. The van der Waals surface area contributed by atoms with Crippen LogP contribution in [0.2, 0.25) is 0 Å². The Hall–Kier alpha value is -1.92. The summed E-state index contributed by atoms with van der Waals surface area (Å²) in [4.78, 5) is 21.8. The fourth-order valence-corrected chi connectivity index (χ4v) is 2.49. The SMILES string of the molecule is CCCNc1ncc(F)c(N2CCCC(C(=O)NC)C2)n1. The third-order valence-corrected chi connectivity index (χ3v) is 3.60. The van der Waals surface area contributed by atoms with Crippen molar-refractivity contribution in [2.24, 2.45) is 5.92 Å². The Morgan fingerprint density at radius 1 is 1.57 bits per heavy atom. The third kappa shape index (κ3) is 3.80. The van der Waals surface area contributed by atoms with Gasteiger partial charge in [-0.05, 0) is 19.3 Å². The highest BCUT2D eigenvalue weighted by Crippen LogP contribution is 2.24. The molecule has 0 saturated carbocycles. The summed E-state index contributed by atoms with van der Waals surface area (Å²) < 4.78 is 14.0. The van der Waals surface area contributed by atoms with Gasteiger partial charge in [0.25, 0.3) is 0 Å². The minimum Gasteiger partial charge on any atom is -0.359 e. The van der Waals surface area contributed by atoms with E-state index in [0.29, 0.717) is 19.0 Å². The summed E-state index contributed by atoms with van der Waals surface area (Å²) in [6, 6.07) is 0. The molecule has 6 nitrogen and oxygen atoms in total. The van der Waals surface area contributed by atoms with Crippen LogP contribution in [0.25, 0.3) is 0 Å². The molecule has 116 valence electrons. The molecular formula is C14H22FN5O. The van der Waals surface area contributed by atoms with Gasteiger partial charge in [0, 0.05) is 26.7 Å². The van der Waals surface area contributed by atoms with Crippen LogP contribution in [-0.4, -0.2) is 42.6 Å². The van der Waals surface area contributed by atoms with E-state index < -0.39 is 5.82 Å². The van der Waals surface area contributed by atoms with Crippen LogP contribution in [0.1, 0.15) is 26.2 Å². The first-order valence-corrected chi connectivity index (χ1v) is 7.38. The van der Waals surface area contributed by atoms with Crippen molar-refractivity contribution in [2.45, 2.75) is 26.2 Å². The number of halogens is 1. The monoisotopic (exact) mass is 295 g/mol. The molecule has 2 heterocycles. The van der Waals surface area contributed by atoms with Crippen LogP contribution >= 0.6 is 0 Å². The summed E-state index contributed by atoms with van der Waals surface area (Å²) in [7, 11) is 1.62. The highest BCUT2D eigenvalue weighted by molar-refractivity contribution is 5.79. The molecule has 1 aliphatic heterocycles. The van der Waals surface area contributed by atoms with Crippen LogP contribution in [0, 0.1) is 11.7 Å². The first-order chi connectivity index (χ1) is 10.2. The molecule has 1 aromatic rings. The van der Waals surface area contributed by atoms with Crippen molar-refractivity contribution < 1.29 is 9.18 Å². The molecule has 1 aliphatic rings. The third-order valence-electron chi connectivity index (χ3n) is 3.60. The zero-order valence-corrected chi connectivity index (χ0v) is 12.5. The Balaban J connectivity index is 2.14. The van der Waals surface area contributed by atoms with E-state index in [1.165, 1.54) is 6.20 Å². The molecule has 1 aromatic heterocycles. The van der Waals surface area contributed by atoms with E-state index in [1.807, 2.05) is 11.8 Å². The number of hydrogen-bond acceptors (Lipinski definition) is 5. The highest BCUT2D eigenvalue weighted by atomic mass is 19.1. The van der Waals surface area contributed by atoms with Gasteiger partial charge in [-0.2, -0.15) is 4.98 Å².